The molecule has 0 bridgehead atoms. The Morgan fingerprint density at radius 2 is 1.91 bits per heavy atom. The molecule has 8 heteroatoms. The molecule has 3 aromatic rings. The van der Waals surface area contributed by atoms with Gasteiger partial charge in [-0.3, -0.25) is 9.69 Å². The lowest BCUT2D eigenvalue weighted by Crippen LogP contribution is -2.38. The Kier molecular flexibility index (Phi) is 8.52. The van der Waals surface area contributed by atoms with Crippen molar-refractivity contribution in [2.45, 2.75) is 0 Å². The molecule has 4 rings (SSSR count). The number of nitrogens with zero attached hydrogens (tertiary/aromatic N) is 2. The van der Waals surface area contributed by atoms with Gasteiger partial charge in [-0.05, 0) is 41.1 Å². The van der Waals surface area contributed by atoms with Gasteiger partial charge in [0, 0.05) is 57.2 Å². The van der Waals surface area contributed by atoms with Crippen LogP contribution in [0.4, 0.5) is 5.69 Å². The molecule has 0 radical (unpaired) electrons. The standard InChI is InChI=1S/C27H30N4O4/c1-33-13-9-30-27(32)23(19-28)18-25-6-7-26(35-25)22-3-2-21-17-24(5-4-20(21)16-22)29-8-10-31-11-14-34-15-12-31/h2-7,16-18,29H,8-15H2,1H3,(H,30,32)/b23-18+. The number of hydrogen-bond donors (Lipinski definition) is 2. The van der Waals surface area contributed by atoms with Crippen molar-refractivity contribution in [3.63, 3.8) is 0 Å². The number of methoxy groups -OCH3 is 1. The monoisotopic (exact) mass is 474 g/mol. The minimum Gasteiger partial charge on any atom is -0.457 e. The smallest absolute Gasteiger partial charge is 0.262 e. The van der Waals surface area contributed by atoms with Crippen LogP contribution in [-0.2, 0) is 14.3 Å². The Bertz CT molecular complexity index is 1220. The van der Waals surface area contributed by atoms with Gasteiger partial charge in [-0.2, -0.15) is 5.26 Å². The van der Waals surface area contributed by atoms with E-state index >= 15 is 0 Å². The van der Waals surface area contributed by atoms with Gasteiger partial charge < -0.3 is 24.5 Å². The van der Waals surface area contributed by atoms with Crippen LogP contribution in [0.1, 0.15) is 5.76 Å². The molecule has 0 saturated carbocycles. The summed E-state index contributed by atoms with van der Waals surface area (Å²) in [6.45, 7) is 6.21. The van der Waals surface area contributed by atoms with E-state index in [0.29, 0.717) is 24.7 Å². The number of hydrogen-bond acceptors (Lipinski definition) is 7. The highest BCUT2D eigenvalue weighted by Gasteiger charge is 2.12. The summed E-state index contributed by atoms with van der Waals surface area (Å²) in [7, 11) is 1.55. The number of rotatable bonds is 10. The summed E-state index contributed by atoms with van der Waals surface area (Å²) in [4.78, 5) is 14.5. The summed E-state index contributed by atoms with van der Waals surface area (Å²) in [5, 5.41) is 17.7. The van der Waals surface area contributed by atoms with E-state index in [-0.39, 0.29) is 5.57 Å². The summed E-state index contributed by atoms with van der Waals surface area (Å²) in [5.74, 6) is 0.656. The maximum atomic E-state index is 12.1. The van der Waals surface area contributed by atoms with E-state index in [4.69, 9.17) is 13.9 Å². The van der Waals surface area contributed by atoms with E-state index in [0.717, 1.165) is 61.4 Å². The van der Waals surface area contributed by atoms with Crippen molar-refractivity contribution in [2.75, 3.05) is 65.0 Å². The van der Waals surface area contributed by atoms with E-state index < -0.39 is 5.91 Å². The largest absolute Gasteiger partial charge is 0.457 e. The van der Waals surface area contributed by atoms with Crippen LogP contribution in [0.2, 0.25) is 0 Å². The second kappa shape index (κ2) is 12.2. The first-order chi connectivity index (χ1) is 17.2. The fourth-order valence-electron chi connectivity index (χ4n) is 3.93. The summed E-state index contributed by atoms with van der Waals surface area (Å²) in [6, 6.07) is 18.0. The third-order valence-corrected chi connectivity index (χ3v) is 5.86. The molecule has 0 aliphatic carbocycles. The molecule has 1 saturated heterocycles. The van der Waals surface area contributed by atoms with E-state index in [1.54, 1.807) is 13.2 Å². The van der Waals surface area contributed by atoms with Gasteiger partial charge in [0.1, 0.15) is 23.2 Å². The quantitative estimate of drug-likeness (QED) is 0.263. The molecule has 1 amide bonds. The zero-order valence-corrected chi connectivity index (χ0v) is 19.9. The van der Waals surface area contributed by atoms with E-state index in [1.165, 1.54) is 6.08 Å². The van der Waals surface area contributed by atoms with Crippen LogP contribution in [-0.4, -0.2) is 70.5 Å². The first-order valence-corrected chi connectivity index (χ1v) is 11.7. The number of benzene rings is 2. The van der Waals surface area contributed by atoms with Crippen LogP contribution in [0.5, 0.6) is 0 Å². The number of nitrogens with one attached hydrogen (secondary N) is 2. The topological polar surface area (TPSA) is 99.8 Å². The van der Waals surface area contributed by atoms with Crippen molar-refractivity contribution in [3.05, 3.63) is 59.9 Å². The second-order valence-electron chi connectivity index (χ2n) is 8.28. The van der Waals surface area contributed by atoms with Crippen molar-refractivity contribution < 1.29 is 18.7 Å². The van der Waals surface area contributed by atoms with Gasteiger partial charge in [-0.15, -0.1) is 0 Å². The number of furan rings is 1. The number of carbonyl (C=O) groups excluding carboxylic acids is 1. The maximum absolute atomic E-state index is 12.1. The number of morpholine rings is 1. The van der Waals surface area contributed by atoms with Gasteiger partial charge in [0.2, 0.25) is 0 Å². The van der Waals surface area contributed by atoms with Crippen LogP contribution >= 0.6 is 0 Å². The SMILES string of the molecule is COCCNC(=O)/C(C#N)=C/c1ccc(-c2ccc3cc(NCCN4CCOCC4)ccc3c2)o1. The van der Waals surface area contributed by atoms with E-state index in [2.05, 4.69) is 45.9 Å². The van der Waals surface area contributed by atoms with Crippen molar-refractivity contribution >= 4 is 28.4 Å². The Morgan fingerprint density at radius 1 is 1.11 bits per heavy atom. The van der Waals surface area contributed by atoms with Crippen LogP contribution < -0.4 is 10.6 Å². The number of ether oxygens (including phenoxy) is 2. The predicted octanol–water partition coefficient (Wildman–Crippen LogP) is 3.51. The molecular weight excluding hydrogens is 444 g/mol. The third-order valence-electron chi connectivity index (χ3n) is 5.86. The molecule has 2 heterocycles. The van der Waals surface area contributed by atoms with Crippen molar-refractivity contribution in [1.29, 1.82) is 5.26 Å². The molecule has 1 aliphatic rings. The molecule has 1 fully saturated rings. The molecule has 0 unspecified atom stereocenters. The molecule has 35 heavy (non-hydrogen) atoms. The van der Waals surface area contributed by atoms with Gasteiger partial charge in [0.25, 0.3) is 5.91 Å². The fourth-order valence-corrected chi connectivity index (χ4v) is 3.93. The average molecular weight is 475 g/mol. The lowest BCUT2D eigenvalue weighted by atomic mass is 10.0. The Hall–Kier alpha value is -3.64. The highest BCUT2D eigenvalue weighted by molar-refractivity contribution is 6.01. The zero-order valence-electron chi connectivity index (χ0n) is 19.9. The minimum atomic E-state index is -0.456. The average Bonchev–Trinajstić information content (AvgIpc) is 3.36. The maximum Gasteiger partial charge on any atom is 0.262 e. The molecule has 1 aliphatic heterocycles. The summed E-state index contributed by atoms with van der Waals surface area (Å²) < 4.78 is 16.2. The molecule has 2 aromatic carbocycles. The first-order valence-electron chi connectivity index (χ1n) is 11.7. The molecule has 0 atom stereocenters. The van der Waals surface area contributed by atoms with Crippen molar-refractivity contribution in [1.82, 2.24) is 10.2 Å². The van der Waals surface area contributed by atoms with Gasteiger partial charge in [-0.1, -0.05) is 18.2 Å². The van der Waals surface area contributed by atoms with E-state index in [1.807, 2.05) is 18.2 Å². The predicted molar refractivity (Wildman–Crippen MR) is 136 cm³/mol. The number of carbonyl (C=O) groups is 1. The molecular formula is C27H30N4O4. The second-order valence-corrected chi connectivity index (χ2v) is 8.28. The summed E-state index contributed by atoms with van der Waals surface area (Å²) >= 11 is 0. The number of nitriles is 1. The normalized spacial score (nSPS) is 14.6. The number of fused-ring (bicyclic) bond motifs is 1. The van der Waals surface area contributed by atoms with Crippen molar-refractivity contribution in [3.8, 4) is 17.4 Å². The van der Waals surface area contributed by atoms with Crippen LogP contribution in [0.15, 0.2) is 58.5 Å². The Labute approximate surface area is 205 Å². The lowest BCUT2D eigenvalue weighted by Gasteiger charge is -2.26. The zero-order chi connectivity index (χ0) is 24.5. The van der Waals surface area contributed by atoms with Crippen LogP contribution in [0.25, 0.3) is 28.2 Å². The molecule has 0 spiro atoms. The molecule has 8 nitrogen and oxygen atoms in total. The van der Waals surface area contributed by atoms with Crippen LogP contribution in [0, 0.1) is 11.3 Å². The highest BCUT2D eigenvalue weighted by Crippen LogP contribution is 2.28. The first kappa shape index (κ1) is 24.5. The minimum absolute atomic E-state index is 0.0193. The Balaban J connectivity index is 1.40. The van der Waals surface area contributed by atoms with E-state index in [9.17, 15) is 10.1 Å². The van der Waals surface area contributed by atoms with Crippen molar-refractivity contribution in [2.24, 2.45) is 0 Å². The third kappa shape index (κ3) is 6.70. The molecule has 1 aromatic heterocycles. The molecule has 2 N–H and O–H groups in total. The lowest BCUT2D eigenvalue weighted by molar-refractivity contribution is -0.117. The fraction of sp³-hybridized carbons (Fsp3) is 0.333. The van der Waals surface area contributed by atoms with Crippen LogP contribution in [0.3, 0.4) is 0 Å². The van der Waals surface area contributed by atoms with Gasteiger partial charge in [0.05, 0.1) is 19.8 Å². The van der Waals surface area contributed by atoms with Gasteiger partial charge >= 0.3 is 0 Å². The highest BCUT2D eigenvalue weighted by atomic mass is 16.5. The summed E-state index contributed by atoms with van der Waals surface area (Å²) in [5.41, 5.74) is 2.00. The number of amides is 1. The molecule has 182 valence electrons. The summed E-state index contributed by atoms with van der Waals surface area (Å²) in [6.07, 6.45) is 1.45. The van der Waals surface area contributed by atoms with Gasteiger partial charge in [0.15, 0.2) is 0 Å². The van der Waals surface area contributed by atoms with Gasteiger partial charge in [-0.25, -0.2) is 0 Å². The Morgan fingerprint density at radius 3 is 2.71 bits per heavy atom. The number of anilines is 1.